The fourth-order valence-corrected chi connectivity index (χ4v) is 5.99. The number of ether oxygens (including phenoxy) is 1. The molecule has 1 saturated heterocycles. The lowest BCUT2D eigenvalue weighted by molar-refractivity contribution is -0.121. The van der Waals surface area contributed by atoms with Gasteiger partial charge in [-0.2, -0.15) is 0 Å². The van der Waals surface area contributed by atoms with Crippen molar-refractivity contribution in [3.05, 3.63) is 29.7 Å². The van der Waals surface area contributed by atoms with Crippen LogP contribution in [0.15, 0.2) is 18.2 Å². The van der Waals surface area contributed by atoms with Crippen molar-refractivity contribution in [3.8, 4) is 0 Å². The molecule has 0 unspecified atom stereocenters. The topological polar surface area (TPSA) is 74.4 Å². The van der Waals surface area contributed by atoms with Crippen molar-refractivity contribution in [2.24, 2.45) is 10.8 Å². The number of hydrogen-bond donors (Lipinski definition) is 2. The quantitative estimate of drug-likeness (QED) is 0.675. The number of anilines is 1. The number of carbonyl (C=O) groups excluding carboxylic acids is 2. The third kappa shape index (κ3) is 4.07. The maximum atomic E-state index is 13.9. The van der Waals surface area contributed by atoms with E-state index in [1.807, 2.05) is 6.92 Å². The maximum Gasteiger partial charge on any atom is 0.356 e. The lowest BCUT2D eigenvalue weighted by Crippen LogP contribution is -2.45. The standard InChI is InChI=1S/C24H32FN3O3/c1-6-31-22(30)20-19(17-9-15(25)7-8-18(17)26-20)27-21(29)14(2)28-13-24(5)11-16(28)10-23(3,4)12-24/h7-9,14,16,26H,6,10-13H2,1-5H3,(H,27,29)/t14-,16-,24-/m0/s1. The number of nitrogens with zero attached hydrogens (tertiary/aromatic N) is 1. The number of fused-ring (bicyclic) bond motifs is 3. The van der Waals surface area contributed by atoms with Gasteiger partial charge in [0.25, 0.3) is 0 Å². The molecule has 2 fully saturated rings. The first-order valence-electron chi connectivity index (χ1n) is 11.1. The Balaban J connectivity index is 1.62. The van der Waals surface area contributed by atoms with Crippen molar-refractivity contribution in [2.45, 2.75) is 66.0 Å². The van der Waals surface area contributed by atoms with Crippen LogP contribution in [0.2, 0.25) is 0 Å². The van der Waals surface area contributed by atoms with E-state index < -0.39 is 11.8 Å². The van der Waals surface area contributed by atoms with E-state index >= 15 is 0 Å². The summed E-state index contributed by atoms with van der Waals surface area (Å²) in [5, 5.41) is 3.37. The monoisotopic (exact) mass is 429 g/mol. The minimum absolute atomic E-state index is 0.135. The van der Waals surface area contributed by atoms with E-state index in [9.17, 15) is 14.0 Å². The van der Waals surface area contributed by atoms with Gasteiger partial charge in [0.05, 0.1) is 18.3 Å². The van der Waals surface area contributed by atoms with Gasteiger partial charge in [-0.25, -0.2) is 9.18 Å². The smallest absolute Gasteiger partial charge is 0.356 e. The third-order valence-electron chi connectivity index (χ3n) is 6.82. The molecule has 1 aromatic heterocycles. The number of esters is 1. The van der Waals surface area contributed by atoms with Crippen molar-refractivity contribution in [3.63, 3.8) is 0 Å². The van der Waals surface area contributed by atoms with Crippen molar-refractivity contribution in [2.75, 3.05) is 18.5 Å². The molecule has 0 radical (unpaired) electrons. The molecule has 0 spiro atoms. The highest BCUT2D eigenvalue weighted by atomic mass is 19.1. The van der Waals surface area contributed by atoms with E-state index in [0.717, 1.165) is 25.8 Å². The number of aromatic amines is 1. The van der Waals surface area contributed by atoms with Crippen LogP contribution in [-0.2, 0) is 9.53 Å². The summed E-state index contributed by atoms with van der Waals surface area (Å²) in [4.78, 5) is 31.1. The van der Waals surface area contributed by atoms with Crippen molar-refractivity contribution < 1.29 is 18.7 Å². The minimum atomic E-state index is -0.576. The molecule has 31 heavy (non-hydrogen) atoms. The van der Waals surface area contributed by atoms with Gasteiger partial charge in [-0.1, -0.05) is 20.8 Å². The fourth-order valence-electron chi connectivity index (χ4n) is 5.99. The highest BCUT2D eigenvalue weighted by Gasteiger charge is 2.51. The van der Waals surface area contributed by atoms with Crippen LogP contribution >= 0.6 is 0 Å². The van der Waals surface area contributed by atoms with Crippen molar-refractivity contribution >= 4 is 28.5 Å². The molecule has 168 valence electrons. The van der Waals surface area contributed by atoms with Crippen LogP contribution in [0.3, 0.4) is 0 Å². The zero-order valence-corrected chi connectivity index (χ0v) is 19.0. The molecule has 1 aliphatic carbocycles. The Labute approximate surface area is 182 Å². The number of rotatable bonds is 5. The Bertz CT molecular complexity index is 1030. The zero-order valence-electron chi connectivity index (χ0n) is 19.0. The Morgan fingerprint density at radius 3 is 2.77 bits per heavy atom. The Morgan fingerprint density at radius 2 is 2.06 bits per heavy atom. The number of halogens is 1. The summed E-state index contributed by atoms with van der Waals surface area (Å²) >= 11 is 0. The molecule has 1 aliphatic heterocycles. The number of carbonyl (C=O) groups is 2. The predicted octanol–water partition coefficient (Wildman–Crippen LogP) is 4.71. The predicted molar refractivity (Wildman–Crippen MR) is 119 cm³/mol. The summed E-state index contributed by atoms with van der Waals surface area (Å²) in [7, 11) is 0. The van der Waals surface area contributed by atoms with Gasteiger partial charge in [0, 0.05) is 23.5 Å². The molecular weight excluding hydrogens is 397 g/mol. The molecule has 2 bridgehead atoms. The summed E-state index contributed by atoms with van der Waals surface area (Å²) in [5.74, 6) is -1.22. The summed E-state index contributed by atoms with van der Waals surface area (Å²) in [6.45, 7) is 11.6. The van der Waals surface area contributed by atoms with E-state index in [-0.39, 0.29) is 40.8 Å². The van der Waals surface area contributed by atoms with E-state index in [1.54, 1.807) is 13.0 Å². The second-order valence-corrected chi connectivity index (χ2v) is 10.3. The van der Waals surface area contributed by atoms with Gasteiger partial charge < -0.3 is 15.0 Å². The van der Waals surface area contributed by atoms with Gasteiger partial charge in [-0.3, -0.25) is 9.69 Å². The van der Waals surface area contributed by atoms with Gasteiger partial charge >= 0.3 is 5.97 Å². The summed E-state index contributed by atoms with van der Waals surface area (Å²) < 4.78 is 19.1. The lowest BCUT2D eigenvalue weighted by atomic mass is 9.65. The van der Waals surface area contributed by atoms with E-state index in [2.05, 4.69) is 36.0 Å². The summed E-state index contributed by atoms with van der Waals surface area (Å²) in [5.41, 5.74) is 1.45. The van der Waals surface area contributed by atoms with Crippen LogP contribution in [0.1, 0.15) is 64.4 Å². The number of hydrogen-bond acceptors (Lipinski definition) is 4. The molecule has 1 amide bonds. The van der Waals surface area contributed by atoms with Crippen LogP contribution in [0.4, 0.5) is 10.1 Å². The fraction of sp³-hybridized carbons (Fsp3) is 0.583. The first-order valence-corrected chi connectivity index (χ1v) is 11.1. The van der Waals surface area contributed by atoms with Crippen LogP contribution in [0.25, 0.3) is 10.9 Å². The van der Waals surface area contributed by atoms with E-state index in [0.29, 0.717) is 16.9 Å². The van der Waals surface area contributed by atoms with Crippen LogP contribution < -0.4 is 5.32 Å². The highest BCUT2D eigenvalue weighted by molar-refractivity contribution is 6.11. The Morgan fingerprint density at radius 1 is 1.32 bits per heavy atom. The molecule has 4 rings (SSSR count). The zero-order chi connectivity index (χ0) is 22.6. The second-order valence-electron chi connectivity index (χ2n) is 10.3. The molecule has 2 heterocycles. The minimum Gasteiger partial charge on any atom is -0.461 e. The van der Waals surface area contributed by atoms with Crippen molar-refractivity contribution in [1.29, 1.82) is 0 Å². The van der Waals surface area contributed by atoms with E-state index in [1.165, 1.54) is 12.1 Å². The lowest BCUT2D eigenvalue weighted by Gasteiger charge is -2.40. The maximum absolute atomic E-state index is 13.9. The second kappa shape index (κ2) is 7.62. The highest BCUT2D eigenvalue weighted by Crippen LogP contribution is 2.53. The molecule has 2 aliphatic rings. The molecule has 3 atom stereocenters. The number of amides is 1. The number of likely N-dealkylation sites (tertiary alicyclic amines) is 1. The first-order chi connectivity index (χ1) is 14.5. The number of benzene rings is 1. The third-order valence-corrected chi connectivity index (χ3v) is 6.82. The molecule has 2 N–H and O–H groups in total. The van der Waals surface area contributed by atoms with Gasteiger partial charge in [0.1, 0.15) is 11.5 Å². The molecular formula is C24H32FN3O3. The average molecular weight is 430 g/mol. The molecule has 7 heteroatoms. The summed E-state index contributed by atoms with van der Waals surface area (Å²) in [6.07, 6.45) is 3.31. The number of aromatic nitrogens is 1. The summed E-state index contributed by atoms with van der Waals surface area (Å²) in [6, 6.07) is 4.18. The van der Waals surface area contributed by atoms with Crippen LogP contribution in [0.5, 0.6) is 0 Å². The molecule has 2 aromatic rings. The van der Waals surface area contributed by atoms with Gasteiger partial charge in [0.2, 0.25) is 5.91 Å². The molecule has 6 nitrogen and oxygen atoms in total. The van der Waals surface area contributed by atoms with Gasteiger partial charge in [-0.05, 0) is 62.1 Å². The first kappa shape index (κ1) is 21.8. The Hall–Kier alpha value is -2.41. The SMILES string of the molecule is CCOC(=O)c1[nH]c2ccc(F)cc2c1NC(=O)[C@H](C)N1C[C@@]2(C)C[C@@H]1CC(C)(C)C2. The average Bonchev–Trinajstić information content (AvgIpc) is 3.14. The van der Waals surface area contributed by atoms with Crippen LogP contribution in [-0.4, -0.2) is 47.0 Å². The molecule has 1 saturated carbocycles. The largest absolute Gasteiger partial charge is 0.461 e. The van der Waals surface area contributed by atoms with E-state index in [4.69, 9.17) is 4.74 Å². The Kier molecular flexibility index (Phi) is 5.36. The van der Waals surface area contributed by atoms with Crippen LogP contribution in [0, 0.1) is 16.6 Å². The number of nitrogens with one attached hydrogen (secondary N) is 2. The number of H-pyrrole nitrogens is 1. The van der Waals surface area contributed by atoms with Gasteiger partial charge in [-0.15, -0.1) is 0 Å². The normalized spacial score (nSPS) is 26.1. The molecule has 1 aromatic carbocycles. The van der Waals surface area contributed by atoms with Crippen molar-refractivity contribution in [1.82, 2.24) is 9.88 Å². The van der Waals surface area contributed by atoms with Gasteiger partial charge in [0.15, 0.2) is 0 Å².